The Morgan fingerprint density at radius 3 is 1.23 bits per heavy atom. The summed E-state index contributed by atoms with van der Waals surface area (Å²) in [5.41, 5.74) is 4.81. The van der Waals surface area contributed by atoms with E-state index in [1.807, 2.05) is 48.5 Å². The van der Waals surface area contributed by atoms with Crippen molar-refractivity contribution in [1.82, 2.24) is 9.97 Å². The van der Waals surface area contributed by atoms with Crippen molar-refractivity contribution in [3.8, 4) is 34.4 Å². The van der Waals surface area contributed by atoms with Gasteiger partial charge in [-0.3, -0.25) is 0 Å². The van der Waals surface area contributed by atoms with E-state index in [9.17, 15) is 10.5 Å². The van der Waals surface area contributed by atoms with Crippen LogP contribution < -0.4 is 0 Å². The predicted octanol–water partition coefficient (Wildman–Crippen LogP) is 5.86. The van der Waals surface area contributed by atoms with Crippen LogP contribution in [0.25, 0.3) is 43.8 Å². The molecule has 2 heterocycles. The Bertz CT molecular complexity index is 1350. The fourth-order valence-corrected chi connectivity index (χ4v) is 4.04. The maximum atomic E-state index is 9.33. The van der Waals surface area contributed by atoms with E-state index in [4.69, 9.17) is 0 Å². The fourth-order valence-electron chi connectivity index (χ4n) is 4.04. The summed E-state index contributed by atoms with van der Waals surface area (Å²) in [6.07, 6.45) is 3.35. The second kappa shape index (κ2) is 7.13. The number of nitrogens with zero attached hydrogens (tertiary/aromatic N) is 4. The molecule has 0 saturated heterocycles. The third-order valence-electron chi connectivity index (χ3n) is 5.26. The minimum atomic E-state index is 0.387. The number of aromatic nitrogens is 2. The lowest BCUT2D eigenvalue weighted by Gasteiger charge is -2.17. The van der Waals surface area contributed by atoms with Gasteiger partial charge in [-0.2, -0.15) is 10.5 Å². The molecular formula is C26H14N4. The number of pyridine rings is 2. The fraction of sp³-hybridized carbons (Fsp3) is 0. The summed E-state index contributed by atoms with van der Waals surface area (Å²) in [7, 11) is 0. The van der Waals surface area contributed by atoms with Gasteiger partial charge in [-0.25, -0.2) is 9.97 Å². The minimum absolute atomic E-state index is 0.387. The number of benzene rings is 3. The molecule has 0 amide bonds. The Morgan fingerprint density at radius 2 is 0.900 bits per heavy atom. The highest BCUT2D eigenvalue weighted by Crippen LogP contribution is 2.43. The summed E-state index contributed by atoms with van der Waals surface area (Å²) in [6, 6.07) is 28.3. The van der Waals surface area contributed by atoms with Crippen LogP contribution in [-0.4, -0.2) is 9.97 Å². The molecule has 0 radical (unpaired) electrons. The van der Waals surface area contributed by atoms with Crippen LogP contribution in [0.1, 0.15) is 11.4 Å². The lowest BCUT2D eigenvalue weighted by molar-refractivity contribution is 1.27. The molecule has 0 atom stereocenters. The lowest BCUT2D eigenvalue weighted by Crippen LogP contribution is -1.92. The SMILES string of the molecule is N#Cc1cc(-c2c3ccccc3c(-c3ccnc(C#N)c3)c3ccccc23)ccn1. The normalized spacial score (nSPS) is 10.6. The Kier molecular flexibility index (Phi) is 4.17. The van der Waals surface area contributed by atoms with Gasteiger partial charge >= 0.3 is 0 Å². The van der Waals surface area contributed by atoms with Crippen molar-refractivity contribution in [2.45, 2.75) is 0 Å². The summed E-state index contributed by atoms with van der Waals surface area (Å²) >= 11 is 0. The lowest BCUT2D eigenvalue weighted by atomic mass is 9.86. The smallest absolute Gasteiger partial charge is 0.141 e. The molecular weight excluding hydrogens is 368 g/mol. The highest BCUT2D eigenvalue weighted by Gasteiger charge is 2.17. The first-order chi connectivity index (χ1) is 14.8. The summed E-state index contributed by atoms with van der Waals surface area (Å²) in [6.45, 7) is 0. The molecule has 4 heteroatoms. The van der Waals surface area contributed by atoms with Crippen LogP contribution in [0, 0.1) is 22.7 Å². The highest BCUT2D eigenvalue weighted by molar-refractivity contribution is 6.21. The van der Waals surface area contributed by atoms with E-state index in [1.54, 1.807) is 12.4 Å². The van der Waals surface area contributed by atoms with Crippen LogP contribution in [0.2, 0.25) is 0 Å². The predicted molar refractivity (Wildman–Crippen MR) is 117 cm³/mol. The first kappa shape index (κ1) is 17.6. The van der Waals surface area contributed by atoms with Crippen LogP contribution in [-0.2, 0) is 0 Å². The number of nitriles is 2. The second-order valence-corrected chi connectivity index (χ2v) is 6.92. The zero-order chi connectivity index (χ0) is 20.5. The monoisotopic (exact) mass is 382 g/mol. The number of rotatable bonds is 2. The van der Waals surface area contributed by atoms with E-state index in [0.29, 0.717) is 11.4 Å². The van der Waals surface area contributed by atoms with Crippen LogP contribution in [0.4, 0.5) is 0 Å². The van der Waals surface area contributed by atoms with Crippen molar-refractivity contribution in [2.24, 2.45) is 0 Å². The van der Waals surface area contributed by atoms with Crippen molar-refractivity contribution >= 4 is 21.5 Å². The second-order valence-electron chi connectivity index (χ2n) is 6.92. The molecule has 4 nitrogen and oxygen atoms in total. The molecule has 0 N–H and O–H groups in total. The van der Waals surface area contributed by atoms with Gasteiger partial charge in [0.1, 0.15) is 23.5 Å². The maximum absolute atomic E-state index is 9.33. The molecule has 30 heavy (non-hydrogen) atoms. The van der Waals surface area contributed by atoms with Crippen LogP contribution in [0.5, 0.6) is 0 Å². The first-order valence-corrected chi connectivity index (χ1v) is 9.46. The zero-order valence-corrected chi connectivity index (χ0v) is 15.9. The van der Waals surface area contributed by atoms with Crippen molar-refractivity contribution < 1.29 is 0 Å². The van der Waals surface area contributed by atoms with Crippen molar-refractivity contribution in [2.75, 3.05) is 0 Å². The van der Waals surface area contributed by atoms with E-state index in [1.165, 1.54) is 0 Å². The third-order valence-corrected chi connectivity index (χ3v) is 5.26. The Labute approximate surface area is 173 Å². The van der Waals surface area contributed by atoms with Crippen molar-refractivity contribution in [3.05, 3.63) is 96.6 Å². The van der Waals surface area contributed by atoms with Gasteiger partial charge in [-0.1, -0.05) is 48.5 Å². The summed E-state index contributed by atoms with van der Waals surface area (Å²) < 4.78 is 0. The minimum Gasteiger partial charge on any atom is -0.246 e. The largest absolute Gasteiger partial charge is 0.246 e. The molecule has 2 aromatic heterocycles. The van der Waals surface area contributed by atoms with Crippen LogP contribution in [0.15, 0.2) is 85.2 Å². The summed E-state index contributed by atoms with van der Waals surface area (Å²) in [5.74, 6) is 0. The maximum Gasteiger partial charge on any atom is 0.141 e. The van der Waals surface area contributed by atoms with E-state index in [0.717, 1.165) is 43.8 Å². The third kappa shape index (κ3) is 2.76. The van der Waals surface area contributed by atoms with Crippen LogP contribution >= 0.6 is 0 Å². The Morgan fingerprint density at radius 1 is 0.533 bits per heavy atom. The van der Waals surface area contributed by atoms with Gasteiger partial charge in [0.2, 0.25) is 0 Å². The molecule has 0 saturated carbocycles. The summed E-state index contributed by atoms with van der Waals surface area (Å²) in [4.78, 5) is 8.26. The van der Waals surface area contributed by atoms with Crippen molar-refractivity contribution in [3.63, 3.8) is 0 Å². The molecule has 3 aromatic carbocycles. The molecule has 0 unspecified atom stereocenters. The van der Waals surface area contributed by atoms with E-state index in [-0.39, 0.29) is 0 Å². The summed E-state index contributed by atoms with van der Waals surface area (Å²) in [5, 5.41) is 23.0. The van der Waals surface area contributed by atoms with E-state index in [2.05, 4.69) is 46.4 Å². The van der Waals surface area contributed by atoms with Crippen molar-refractivity contribution in [1.29, 1.82) is 10.5 Å². The number of hydrogen-bond acceptors (Lipinski definition) is 4. The molecule has 0 aliphatic carbocycles. The Hall–Kier alpha value is -4.54. The molecule has 0 bridgehead atoms. The topological polar surface area (TPSA) is 73.4 Å². The molecule has 5 rings (SSSR count). The molecule has 5 aromatic rings. The molecule has 0 spiro atoms. The first-order valence-electron chi connectivity index (χ1n) is 9.46. The van der Waals surface area contributed by atoms with Gasteiger partial charge in [0.05, 0.1) is 0 Å². The Balaban J connectivity index is 1.97. The quantitative estimate of drug-likeness (QED) is 0.358. The highest BCUT2D eigenvalue weighted by atomic mass is 14.7. The number of fused-ring (bicyclic) bond motifs is 2. The van der Waals surface area contributed by atoms with Gasteiger partial charge in [-0.15, -0.1) is 0 Å². The van der Waals surface area contributed by atoms with Gasteiger partial charge in [0.25, 0.3) is 0 Å². The standard InChI is InChI=1S/C26H14N4/c27-15-19-13-17(9-11-29-19)25-21-5-1-2-6-22(21)26(24-8-4-3-7-23(24)25)18-10-12-30-20(14-18)16-28/h1-14H. The van der Waals surface area contributed by atoms with Gasteiger partial charge in [-0.05, 0) is 68.1 Å². The zero-order valence-electron chi connectivity index (χ0n) is 15.9. The van der Waals surface area contributed by atoms with E-state index < -0.39 is 0 Å². The number of hydrogen-bond donors (Lipinski definition) is 0. The van der Waals surface area contributed by atoms with Gasteiger partial charge in [0, 0.05) is 12.4 Å². The average Bonchev–Trinajstić information content (AvgIpc) is 2.82. The van der Waals surface area contributed by atoms with E-state index >= 15 is 0 Å². The molecule has 0 aliphatic rings. The van der Waals surface area contributed by atoms with Gasteiger partial charge < -0.3 is 0 Å². The van der Waals surface area contributed by atoms with Crippen LogP contribution in [0.3, 0.4) is 0 Å². The average molecular weight is 382 g/mol. The van der Waals surface area contributed by atoms with Gasteiger partial charge in [0.15, 0.2) is 0 Å². The molecule has 0 aliphatic heterocycles. The molecule has 0 fully saturated rings. The molecule has 138 valence electrons.